The van der Waals surface area contributed by atoms with E-state index in [1.165, 1.54) is 6.20 Å². The lowest BCUT2D eigenvalue weighted by atomic mass is 10.1. The zero-order valence-corrected chi connectivity index (χ0v) is 32.7. The van der Waals surface area contributed by atoms with E-state index in [1.807, 2.05) is 48.0 Å². The van der Waals surface area contributed by atoms with Gasteiger partial charge in [0.05, 0.1) is 36.4 Å². The topological polar surface area (TPSA) is 87.4 Å². The van der Waals surface area contributed by atoms with E-state index in [-0.39, 0.29) is 17.6 Å². The number of rotatable bonds is 16. The summed E-state index contributed by atoms with van der Waals surface area (Å²) >= 11 is 0. The summed E-state index contributed by atoms with van der Waals surface area (Å²) in [5, 5.41) is 5.13. The van der Waals surface area contributed by atoms with Gasteiger partial charge in [-0.3, -0.25) is 4.68 Å². The SMILES string of the molecule is COc1ccc(CN(Cc2cccnc2F)c2cc(-c3cccnc3OCCCCCO[Si](C)(C)C(C)(C)C)nc3c(C)nn(C(C)C)c23)cc1. The van der Waals surface area contributed by atoms with Crippen LogP contribution >= 0.6 is 0 Å². The molecule has 4 heterocycles. The molecule has 0 amide bonds. The highest BCUT2D eigenvalue weighted by Gasteiger charge is 2.36. The summed E-state index contributed by atoms with van der Waals surface area (Å²) in [6.07, 6.45) is 6.10. The van der Waals surface area contributed by atoms with Crippen LogP contribution in [0, 0.1) is 12.9 Å². The van der Waals surface area contributed by atoms with E-state index in [9.17, 15) is 0 Å². The molecule has 0 saturated carbocycles. The van der Waals surface area contributed by atoms with Gasteiger partial charge in [-0.2, -0.15) is 9.49 Å². The molecule has 0 fully saturated rings. The predicted molar refractivity (Wildman–Crippen MR) is 205 cm³/mol. The van der Waals surface area contributed by atoms with Crippen LogP contribution in [0.1, 0.15) is 76.7 Å². The van der Waals surface area contributed by atoms with E-state index in [0.29, 0.717) is 30.3 Å². The second kappa shape index (κ2) is 16.3. The Hall–Kier alpha value is -4.35. The number of hydrogen-bond donors (Lipinski definition) is 0. The van der Waals surface area contributed by atoms with Crippen molar-refractivity contribution in [2.24, 2.45) is 0 Å². The fourth-order valence-corrected chi connectivity index (χ4v) is 6.82. The van der Waals surface area contributed by atoms with Crippen molar-refractivity contribution in [3.05, 3.63) is 89.8 Å². The molecule has 51 heavy (non-hydrogen) atoms. The Morgan fingerprint density at radius 3 is 2.31 bits per heavy atom. The fourth-order valence-electron chi connectivity index (χ4n) is 5.73. The summed E-state index contributed by atoms with van der Waals surface area (Å²) in [5.74, 6) is 0.807. The Morgan fingerprint density at radius 2 is 1.63 bits per heavy atom. The van der Waals surface area contributed by atoms with Crippen molar-refractivity contribution < 1.29 is 18.3 Å². The van der Waals surface area contributed by atoms with E-state index in [1.54, 1.807) is 25.4 Å². The summed E-state index contributed by atoms with van der Waals surface area (Å²) in [5.41, 5.74) is 6.38. The number of benzene rings is 1. The van der Waals surface area contributed by atoms with Crippen LogP contribution in [-0.2, 0) is 17.5 Å². The predicted octanol–water partition coefficient (Wildman–Crippen LogP) is 9.70. The van der Waals surface area contributed by atoms with Gasteiger partial charge < -0.3 is 18.8 Å². The van der Waals surface area contributed by atoms with Crippen molar-refractivity contribution in [3.8, 4) is 22.9 Å². The molecule has 0 atom stereocenters. The lowest BCUT2D eigenvalue weighted by Crippen LogP contribution is -2.40. The van der Waals surface area contributed by atoms with Gasteiger partial charge in [-0.25, -0.2) is 15.0 Å². The first kappa shape index (κ1) is 37.9. The normalized spacial score (nSPS) is 12.1. The lowest BCUT2D eigenvalue weighted by molar-refractivity contribution is 0.261. The summed E-state index contributed by atoms with van der Waals surface area (Å²) in [6.45, 7) is 19.7. The molecule has 0 N–H and O–H groups in total. The minimum Gasteiger partial charge on any atom is -0.497 e. The Labute approximate surface area is 303 Å². The average molecular weight is 713 g/mol. The third-order valence-corrected chi connectivity index (χ3v) is 14.2. The molecule has 0 bridgehead atoms. The van der Waals surface area contributed by atoms with Crippen LogP contribution in [0.3, 0.4) is 0 Å². The number of unbranched alkanes of at least 4 members (excludes halogenated alkanes) is 2. The third-order valence-electron chi connectivity index (χ3n) is 9.71. The van der Waals surface area contributed by atoms with Crippen molar-refractivity contribution >= 4 is 25.0 Å². The Balaban J connectivity index is 1.48. The van der Waals surface area contributed by atoms with Crippen LogP contribution in [0.4, 0.5) is 10.1 Å². The van der Waals surface area contributed by atoms with Crippen LogP contribution in [0.5, 0.6) is 11.6 Å². The van der Waals surface area contributed by atoms with Crippen molar-refractivity contribution in [2.45, 2.75) is 98.1 Å². The first-order valence-electron chi connectivity index (χ1n) is 17.9. The molecular weight excluding hydrogens is 660 g/mol. The molecule has 0 aliphatic carbocycles. The number of aromatic nitrogens is 5. The van der Waals surface area contributed by atoms with E-state index in [0.717, 1.165) is 65.2 Å². The van der Waals surface area contributed by atoms with Crippen LogP contribution in [0.15, 0.2) is 67.0 Å². The summed E-state index contributed by atoms with van der Waals surface area (Å²) in [7, 11) is -0.0960. The molecule has 9 nitrogen and oxygen atoms in total. The highest BCUT2D eigenvalue weighted by atomic mass is 28.4. The van der Waals surface area contributed by atoms with Gasteiger partial charge >= 0.3 is 0 Å². The Bertz CT molecular complexity index is 1910. The summed E-state index contributed by atoms with van der Waals surface area (Å²) in [4.78, 5) is 15.9. The number of anilines is 1. The molecule has 5 aromatic rings. The molecular formula is C40H53FN6O3Si. The van der Waals surface area contributed by atoms with Gasteiger partial charge in [-0.1, -0.05) is 39.0 Å². The monoisotopic (exact) mass is 712 g/mol. The van der Waals surface area contributed by atoms with Gasteiger partial charge in [-0.05, 0) is 100 Å². The van der Waals surface area contributed by atoms with Gasteiger partial charge in [0.2, 0.25) is 11.8 Å². The number of methoxy groups -OCH3 is 1. The molecule has 0 aliphatic heterocycles. The number of fused-ring (bicyclic) bond motifs is 1. The van der Waals surface area contributed by atoms with Crippen LogP contribution in [0.25, 0.3) is 22.3 Å². The fraction of sp³-hybridized carbons (Fsp3) is 0.450. The van der Waals surface area contributed by atoms with Gasteiger partial charge in [0.15, 0.2) is 8.32 Å². The number of aryl methyl sites for hydroxylation is 1. The molecule has 272 valence electrons. The minimum atomic E-state index is -1.75. The quantitative estimate of drug-likeness (QED) is 0.0568. The zero-order valence-electron chi connectivity index (χ0n) is 31.7. The van der Waals surface area contributed by atoms with E-state index < -0.39 is 14.3 Å². The third kappa shape index (κ3) is 9.12. The van der Waals surface area contributed by atoms with Crippen LogP contribution < -0.4 is 14.4 Å². The number of halogens is 1. The molecule has 0 saturated heterocycles. The van der Waals surface area contributed by atoms with Crippen LogP contribution in [-0.4, -0.2) is 53.4 Å². The molecule has 0 radical (unpaired) electrons. The average Bonchev–Trinajstić information content (AvgIpc) is 3.44. The standard InChI is InChI=1S/C40H53FN6O3Si/c1-28(2)47-37-35(46(27-31-15-13-21-42-38(31)41)26-30-17-19-32(48-7)20-18-30)25-34(44-36(37)29(3)45-47)33-16-14-22-43-39(33)49-23-11-10-12-24-50-51(8,9)40(4,5)6/h13-22,25,28H,10-12,23-24,26-27H2,1-9H3. The maximum atomic E-state index is 15.1. The summed E-state index contributed by atoms with van der Waals surface area (Å²) < 4.78 is 35.2. The number of hydrogen-bond acceptors (Lipinski definition) is 8. The molecule has 0 unspecified atom stereocenters. The number of nitrogens with zero attached hydrogens (tertiary/aromatic N) is 6. The van der Waals surface area contributed by atoms with Gasteiger partial charge in [-0.15, -0.1) is 0 Å². The molecule has 1 aromatic carbocycles. The molecule has 4 aromatic heterocycles. The second-order valence-corrected chi connectivity index (χ2v) is 19.7. The van der Waals surface area contributed by atoms with Crippen molar-refractivity contribution in [3.63, 3.8) is 0 Å². The Morgan fingerprint density at radius 1 is 0.922 bits per heavy atom. The first-order valence-corrected chi connectivity index (χ1v) is 20.8. The highest BCUT2D eigenvalue weighted by molar-refractivity contribution is 6.74. The number of ether oxygens (including phenoxy) is 2. The van der Waals surface area contributed by atoms with Crippen molar-refractivity contribution in [1.82, 2.24) is 24.7 Å². The number of pyridine rings is 3. The lowest BCUT2D eigenvalue weighted by Gasteiger charge is -2.36. The van der Waals surface area contributed by atoms with Crippen molar-refractivity contribution in [2.75, 3.05) is 25.2 Å². The maximum Gasteiger partial charge on any atom is 0.222 e. The molecule has 11 heteroatoms. The van der Waals surface area contributed by atoms with E-state index >= 15 is 4.39 Å². The van der Waals surface area contributed by atoms with E-state index in [4.69, 9.17) is 24.0 Å². The van der Waals surface area contributed by atoms with Gasteiger partial charge in [0, 0.05) is 43.7 Å². The maximum absolute atomic E-state index is 15.1. The minimum absolute atomic E-state index is 0.0649. The van der Waals surface area contributed by atoms with Crippen molar-refractivity contribution in [1.29, 1.82) is 0 Å². The van der Waals surface area contributed by atoms with Gasteiger partial charge in [0.25, 0.3) is 0 Å². The smallest absolute Gasteiger partial charge is 0.222 e. The molecule has 0 spiro atoms. The highest BCUT2D eigenvalue weighted by Crippen LogP contribution is 2.38. The largest absolute Gasteiger partial charge is 0.497 e. The van der Waals surface area contributed by atoms with Crippen LogP contribution in [0.2, 0.25) is 18.1 Å². The van der Waals surface area contributed by atoms with E-state index in [2.05, 4.69) is 68.6 Å². The zero-order chi connectivity index (χ0) is 36.8. The second-order valence-electron chi connectivity index (χ2n) is 14.9. The molecule has 0 aliphatic rings. The molecule has 5 rings (SSSR count). The van der Waals surface area contributed by atoms with Gasteiger partial charge in [0.1, 0.15) is 16.8 Å². The first-order chi connectivity index (χ1) is 24.3. The Kier molecular flexibility index (Phi) is 12.1. The summed E-state index contributed by atoms with van der Waals surface area (Å²) in [6, 6.07) is 17.5.